The van der Waals surface area contributed by atoms with Crippen molar-refractivity contribution in [1.29, 1.82) is 0 Å². The van der Waals surface area contributed by atoms with Crippen molar-refractivity contribution >= 4 is 38.8 Å². The lowest BCUT2D eigenvalue weighted by Gasteiger charge is -2.20. The molecule has 180 valence electrons. The molecule has 0 fully saturated rings. The number of aromatic amines is 2. The highest BCUT2D eigenvalue weighted by atomic mass is 35.5. The third kappa shape index (κ3) is 6.17. The number of imidazole rings is 1. The first-order chi connectivity index (χ1) is 15.8. The molecule has 0 unspecified atom stereocenters. The number of nitrogens with one attached hydrogen (secondary N) is 3. The van der Waals surface area contributed by atoms with E-state index in [0.29, 0.717) is 10.4 Å². The third-order valence-electron chi connectivity index (χ3n) is 5.14. The fourth-order valence-electron chi connectivity index (χ4n) is 3.47. The molecule has 8 heteroatoms. The lowest BCUT2D eigenvalue weighted by Crippen LogP contribution is -2.40. The number of hydrogen-bond donors (Lipinski definition) is 3. The molecule has 1 aromatic heterocycles. The van der Waals surface area contributed by atoms with Crippen molar-refractivity contribution in [2.45, 2.75) is 52.0 Å². The van der Waals surface area contributed by atoms with Gasteiger partial charge in [0.1, 0.15) is 0 Å². The summed E-state index contributed by atoms with van der Waals surface area (Å²) in [6.07, 6.45) is 1.75. The summed E-state index contributed by atoms with van der Waals surface area (Å²) in [6, 6.07) is 14.7. The average Bonchev–Trinajstić information content (AvgIpc) is 3.12. The summed E-state index contributed by atoms with van der Waals surface area (Å²) in [4.78, 5) is 17.5. The van der Waals surface area contributed by atoms with Gasteiger partial charge in [0.05, 0.1) is 15.6 Å². The van der Waals surface area contributed by atoms with Gasteiger partial charge in [-0.2, -0.15) is 0 Å². The summed E-state index contributed by atoms with van der Waals surface area (Å²) in [5.74, 6) is 0. The van der Waals surface area contributed by atoms with Crippen LogP contribution in [0.25, 0.3) is 28.3 Å². The van der Waals surface area contributed by atoms with Gasteiger partial charge < -0.3 is 9.97 Å². The summed E-state index contributed by atoms with van der Waals surface area (Å²) >= 11 is 6.56. The summed E-state index contributed by atoms with van der Waals surface area (Å²) in [6.45, 7) is 11.2. The van der Waals surface area contributed by atoms with Crippen molar-refractivity contribution in [3.63, 3.8) is 0 Å². The summed E-state index contributed by atoms with van der Waals surface area (Å²) in [5.41, 5.74) is 3.82. The molecule has 6 nitrogen and oxygen atoms in total. The Balaban J connectivity index is 1.89. The molecule has 3 rings (SSSR count). The van der Waals surface area contributed by atoms with Crippen LogP contribution in [0.5, 0.6) is 0 Å². The topological polar surface area (TPSA) is 94.8 Å². The van der Waals surface area contributed by atoms with Crippen LogP contribution in [0.1, 0.15) is 47.1 Å². The van der Waals surface area contributed by atoms with Crippen LogP contribution in [-0.2, 0) is 10.0 Å². The molecule has 0 amide bonds. The maximum absolute atomic E-state index is 12.5. The molecule has 0 aliphatic heterocycles. The van der Waals surface area contributed by atoms with Gasteiger partial charge in [-0.1, -0.05) is 53.6 Å². The zero-order chi connectivity index (χ0) is 25.3. The highest BCUT2D eigenvalue weighted by Crippen LogP contribution is 2.26. The van der Waals surface area contributed by atoms with Crippen LogP contribution in [0.15, 0.2) is 63.3 Å². The van der Waals surface area contributed by atoms with E-state index in [4.69, 9.17) is 11.6 Å². The predicted molar refractivity (Wildman–Crippen MR) is 140 cm³/mol. The van der Waals surface area contributed by atoms with Crippen molar-refractivity contribution in [3.05, 3.63) is 80.3 Å². The lowest BCUT2D eigenvalue weighted by atomic mass is 10.0. The molecule has 0 saturated heterocycles. The normalized spacial score (nSPS) is 13.7. The Morgan fingerprint density at radius 1 is 0.912 bits per heavy atom. The molecule has 3 N–H and O–H groups in total. The highest BCUT2D eigenvalue weighted by molar-refractivity contribution is 7.89. The minimum Gasteiger partial charge on any atom is -0.306 e. The van der Waals surface area contributed by atoms with Crippen LogP contribution in [0.3, 0.4) is 0 Å². The molecule has 2 aromatic carbocycles. The SMILES string of the molecule is CC(C)=c1[nH]c(=O)[nH]/c1=C/C(Cl)=C(\C)c1ccc(-c2ccc(S(=O)(=O)NC(C)(C)C)cc2)cc1. The van der Waals surface area contributed by atoms with Crippen molar-refractivity contribution in [2.75, 3.05) is 0 Å². The van der Waals surface area contributed by atoms with Gasteiger partial charge in [-0.25, -0.2) is 17.9 Å². The van der Waals surface area contributed by atoms with E-state index in [1.165, 1.54) is 0 Å². The molecule has 1 heterocycles. The second kappa shape index (κ2) is 9.78. The summed E-state index contributed by atoms with van der Waals surface area (Å²) < 4.78 is 27.7. The van der Waals surface area contributed by atoms with Crippen molar-refractivity contribution < 1.29 is 8.42 Å². The van der Waals surface area contributed by atoms with Gasteiger partial charge in [0.25, 0.3) is 0 Å². The molecule has 0 radical (unpaired) electrons. The van der Waals surface area contributed by atoms with Gasteiger partial charge in [0, 0.05) is 10.6 Å². The Morgan fingerprint density at radius 2 is 1.44 bits per heavy atom. The number of hydrogen-bond acceptors (Lipinski definition) is 3. The van der Waals surface area contributed by atoms with Crippen LogP contribution < -0.4 is 21.1 Å². The maximum Gasteiger partial charge on any atom is 0.323 e. The molecule has 3 aromatic rings. The molecule has 0 spiro atoms. The van der Waals surface area contributed by atoms with E-state index in [-0.39, 0.29) is 10.6 Å². The Labute approximate surface area is 205 Å². The summed E-state index contributed by atoms with van der Waals surface area (Å²) in [7, 11) is -3.58. The molecule has 34 heavy (non-hydrogen) atoms. The Hall–Kier alpha value is -2.87. The van der Waals surface area contributed by atoms with E-state index in [9.17, 15) is 13.2 Å². The largest absolute Gasteiger partial charge is 0.323 e. The van der Waals surface area contributed by atoms with E-state index in [1.54, 1.807) is 51.1 Å². The lowest BCUT2D eigenvalue weighted by molar-refractivity contribution is 0.491. The van der Waals surface area contributed by atoms with Crippen LogP contribution in [0, 0.1) is 0 Å². The van der Waals surface area contributed by atoms with Crippen LogP contribution >= 0.6 is 11.6 Å². The molecule has 0 aliphatic carbocycles. The standard InChI is InChI=1S/C26H30ClN3O3S/c1-16(2)24-23(28-25(31)29-24)15-22(27)17(3)18-7-9-19(10-8-18)20-11-13-21(14-12-20)34(32,33)30-26(4,5)6/h7-15,30H,1-6H3,(H2,28,29,31)/b22-17-,23-15+. The number of sulfonamides is 1. The Morgan fingerprint density at radius 3 is 1.94 bits per heavy atom. The predicted octanol–water partition coefficient (Wildman–Crippen LogP) is 4.09. The number of rotatable bonds is 5. The number of aromatic nitrogens is 2. The van der Waals surface area contributed by atoms with Gasteiger partial charge in [-0.15, -0.1) is 0 Å². The maximum atomic E-state index is 12.5. The van der Waals surface area contributed by atoms with Gasteiger partial charge >= 0.3 is 5.69 Å². The number of halogens is 1. The van der Waals surface area contributed by atoms with Gasteiger partial charge in [-0.3, -0.25) is 0 Å². The second-order valence-corrected chi connectivity index (χ2v) is 11.5. The number of allylic oxidation sites excluding steroid dienone is 2. The quantitative estimate of drug-likeness (QED) is 0.493. The van der Waals surface area contributed by atoms with Crippen molar-refractivity contribution in [2.24, 2.45) is 0 Å². The first kappa shape index (κ1) is 25.7. The van der Waals surface area contributed by atoms with Crippen LogP contribution in [0.2, 0.25) is 0 Å². The first-order valence-corrected chi connectivity index (χ1v) is 12.7. The highest BCUT2D eigenvalue weighted by Gasteiger charge is 2.21. The number of benzene rings is 2. The molecule has 0 aliphatic rings. The van der Waals surface area contributed by atoms with Gasteiger partial charge in [0.15, 0.2) is 0 Å². The molecule has 0 bridgehead atoms. The van der Waals surface area contributed by atoms with Crippen LogP contribution in [-0.4, -0.2) is 23.9 Å². The fraction of sp³-hybridized carbons (Fsp3) is 0.269. The second-order valence-electron chi connectivity index (χ2n) is 9.44. The molecular formula is C26H30ClN3O3S. The first-order valence-electron chi connectivity index (χ1n) is 10.9. The fourth-order valence-corrected chi connectivity index (χ4v) is 5.11. The van der Waals surface area contributed by atoms with E-state index in [0.717, 1.165) is 33.2 Å². The molecular weight excluding hydrogens is 470 g/mol. The smallest absolute Gasteiger partial charge is 0.306 e. The van der Waals surface area contributed by atoms with Gasteiger partial charge in [0.2, 0.25) is 10.0 Å². The van der Waals surface area contributed by atoms with Gasteiger partial charge in [-0.05, 0) is 82.0 Å². The zero-order valence-electron chi connectivity index (χ0n) is 20.2. The minimum atomic E-state index is -3.58. The average molecular weight is 500 g/mol. The van der Waals surface area contributed by atoms with E-state index in [1.807, 2.05) is 45.0 Å². The third-order valence-corrected chi connectivity index (χ3v) is 7.31. The number of H-pyrrole nitrogens is 2. The van der Waals surface area contributed by atoms with Crippen LogP contribution in [0.4, 0.5) is 0 Å². The zero-order valence-corrected chi connectivity index (χ0v) is 21.8. The Bertz CT molecular complexity index is 1500. The minimum absolute atomic E-state index is 0.227. The van der Waals surface area contributed by atoms with E-state index in [2.05, 4.69) is 14.7 Å². The van der Waals surface area contributed by atoms with E-state index >= 15 is 0 Å². The van der Waals surface area contributed by atoms with E-state index < -0.39 is 15.6 Å². The molecule has 0 saturated carbocycles. The van der Waals surface area contributed by atoms with Crippen molar-refractivity contribution in [1.82, 2.24) is 14.7 Å². The monoisotopic (exact) mass is 499 g/mol. The Kier molecular flexibility index (Phi) is 7.41. The summed E-state index contributed by atoms with van der Waals surface area (Å²) in [5, 5.41) is 1.89. The van der Waals surface area contributed by atoms with Crippen molar-refractivity contribution in [3.8, 4) is 11.1 Å². The molecule has 0 atom stereocenters.